The molecule has 1 fully saturated rings. The smallest absolute Gasteiger partial charge is 0.407 e. The van der Waals surface area contributed by atoms with Crippen molar-refractivity contribution in [1.29, 1.82) is 0 Å². The van der Waals surface area contributed by atoms with Crippen molar-refractivity contribution in [1.82, 2.24) is 5.32 Å². The highest BCUT2D eigenvalue weighted by molar-refractivity contribution is 5.70. The zero-order valence-corrected chi connectivity index (χ0v) is 10.3. The maximum Gasteiger partial charge on any atom is 0.407 e. The summed E-state index contributed by atoms with van der Waals surface area (Å²) in [4.78, 5) is 22.0. The van der Waals surface area contributed by atoms with Crippen LogP contribution >= 0.6 is 0 Å². The molecule has 0 aromatic rings. The average molecular weight is 245 g/mol. The average Bonchev–Trinajstić information content (AvgIpc) is 2.10. The number of nitrogens with one attached hydrogen (secondary N) is 1. The number of amides is 1. The fourth-order valence-corrected chi connectivity index (χ4v) is 1.79. The lowest BCUT2D eigenvalue weighted by Gasteiger charge is -2.41. The topological polar surface area (TPSA) is 95.9 Å². The van der Waals surface area contributed by atoms with E-state index in [1.165, 1.54) is 0 Å². The van der Waals surface area contributed by atoms with E-state index in [2.05, 4.69) is 5.32 Å². The molecule has 0 saturated heterocycles. The van der Waals surface area contributed by atoms with Crippen LogP contribution in [0.3, 0.4) is 0 Å². The first-order valence-corrected chi connectivity index (χ1v) is 5.58. The molecular weight excluding hydrogens is 226 g/mol. The van der Waals surface area contributed by atoms with Gasteiger partial charge in [-0.2, -0.15) is 0 Å². The molecule has 98 valence electrons. The van der Waals surface area contributed by atoms with Crippen LogP contribution in [0.2, 0.25) is 0 Å². The third kappa shape index (κ3) is 4.22. The van der Waals surface area contributed by atoms with Crippen LogP contribution in [0, 0.1) is 5.92 Å². The Balaban J connectivity index is 2.42. The maximum absolute atomic E-state index is 11.4. The summed E-state index contributed by atoms with van der Waals surface area (Å²) in [5, 5.41) is 20.6. The van der Waals surface area contributed by atoms with Gasteiger partial charge in [-0.15, -0.1) is 0 Å². The Morgan fingerprint density at radius 1 is 1.41 bits per heavy atom. The Labute approximate surface area is 100.0 Å². The minimum Gasteiger partial charge on any atom is -0.481 e. The number of aliphatic hydroxyl groups excluding tert-OH is 1. The van der Waals surface area contributed by atoms with Crippen molar-refractivity contribution in [2.45, 2.75) is 51.4 Å². The summed E-state index contributed by atoms with van der Waals surface area (Å²) in [7, 11) is 0. The Morgan fingerprint density at radius 3 is 2.41 bits per heavy atom. The molecule has 0 heterocycles. The molecule has 1 aliphatic rings. The molecule has 0 radical (unpaired) electrons. The zero-order valence-electron chi connectivity index (χ0n) is 10.3. The molecule has 3 N–H and O–H groups in total. The number of aliphatic carboxylic acids is 1. The Hall–Kier alpha value is -1.30. The first kappa shape index (κ1) is 13.8. The first-order chi connectivity index (χ1) is 7.69. The van der Waals surface area contributed by atoms with Gasteiger partial charge in [-0.3, -0.25) is 4.79 Å². The summed E-state index contributed by atoms with van der Waals surface area (Å²) in [6.45, 7) is 5.24. The minimum absolute atomic E-state index is 0.151. The molecule has 17 heavy (non-hydrogen) atoms. The van der Waals surface area contributed by atoms with Crippen LogP contribution in [0.25, 0.3) is 0 Å². The fourth-order valence-electron chi connectivity index (χ4n) is 1.79. The van der Waals surface area contributed by atoms with Crippen molar-refractivity contribution in [2.75, 3.05) is 0 Å². The van der Waals surface area contributed by atoms with E-state index in [1.807, 2.05) is 0 Å². The van der Waals surface area contributed by atoms with Crippen molar-refractivity contribution in [3.05, 3.63) is 0 Å². The maximum atomic E-state index is 11.4. The van der Waals surface area contributed by atoms with Crippen molar-refractivity contribution in [3.63, 3.8) is 0 Å². The highest BCUT2D eigenvalue weighted by Gasteiger charge is 2.42. The number of carboxylic acid groups (broad SMARTS) is 1. The Kier molecular flexibility index (Phi) is 3.98. The van der Waals surface area contributed by atoms with Gasteiger partial charge in [-0.25, -0.2) is 4.79 Å². The van der Waals surface area contributed by atoms with Gasteiger partial charge < -0.3 is 20.3 Å². The lowest BCUT2D eigenvalue weighted by atomic mass is 9.74. The quantitative estimate of drug-likeness (QED) is 0.681. The summed E-state index contributed by atoms with van der Waals surface area (Å²) >= 11 is 0. The number of hydrogen-bond donors (Lipinski definition) is 3. The van der Waals surface area contributed by atoms with E-state index >= 15 is 0 Å². The molecule has 1 aliphatic carbocycles. The van der Waals surface area contributed by atoms with Crippen LogP contribution in [0.5, 0.6) is 0 Å². The number of carbonyl (C=O) groups is 2. The number of aliphatic hydroxyl groups is 1. The number of carboxylic acids is 1. The monoisotopic (exact) mass is 245 g/mol. The summed E-state index contributed by atoms with van der Waals surface area (Å²) in [5.74, 6) is -1.41. The lowest BCUT2D eigenvalue weighted by Crippen LogP contribution is -2.56. The first-order valence-electron chi connectivity index (χ1n) is 5.58. The van der Waals surface area contributed by atoms with Crippen LogP contribution in [0.4, 0.5) is 4.79 Å². The van der Waals surface area contributed by atoms with Gasteiger partial charge in [-0.1, -0.05) is 0 Å². The SMILES string of the molecule is CC(C)(C)OC(=O)NC1CC(O)C1CC(=O)O. The Bertz CT molecular complexity index is 309. The second kappa shape index (κ2) is 4.91. The molecule has 3 atom stereocenters. The molecule has 3 unspecified atom stereocenters. The number of hydrogen-bond acceptors (Lipinski definition) is 4. The van der Waals surface area contributed by atoms with Crippen LogP contribution in [-0.4, -0.2) is 40.0 Å². The van der Waals surface area contributed by atoms with E-state index < -0.39 is 29.7 Å². The van der Waals surface area contributed by atoms with E-state index in [1.54, 1.807) is 20.8 Å². The van der Waals surface area contributed by atoms with Crippen LogP contribution < -0.4 is 5.32 Å². The van der Waals surface area contributed by atoms with Crippen molar-refractivity contribution in [2.24, 2.45) is 5.92 Å². The molecule has 0 aromatic carbocycles. The number of carbonyl (C=O) groups excluding carboxylic acids is 1. The lowest BCUT2D eigenvalue weighted by molar-refractivity contribution is -0.142. The second-order valence-electron chi connectivity index (χ2n) is 5.32. The highest BCUT2D eigenvalue weighted by Crippen LogP contribution is 2.31. The molecule has 0 bridgehead atoms. The normalized spacial score (nSPS) is 28.1. The molecule has 6 heteroatoms. The van der Waals surface area contributed by atoms with E-state index in [4.69, 9.17) is 9.84 Å². The largest absolute Gasteiger partial charge is 0.481 e. The highest BCUT2D eigenvalue weighted by atomic mass is 16.6. The summed E-state index contributed by atoms with van der Waals surface area (Å²) in [6, 6.07) is -0.323. The standard InChI is InChI=1S/C11H19NO5/c1-11(2,3)17-10(16)12-7-5-8(13)6(7)4-9(14)15/h6-8,13H,4-5H2,1-3H3,(H,12,16)(H,14,15). The van der Waals surface area contributed by atoms with Gasteiger partial charge in [0.1, 0.15) is 5.60 Å². The molecular formula is C11H19NO5. The molecule has 1 saturated carbocycles. The third-order valence-corrected chi connectivity index (χ3v) is 2.62. The molecule has 0 aliphatic heterocycles. The minimum atomic E-state index is -0.982. The number of rotatable bonds is 3. The van der Waals surface area contributed by atoms with Gasteiger partial charge >= 0.3 is 12.1 Å². The third-order valence-electron chi connectivity index (χ3n) is 2.62. The van der Waals surface area contributed by atoms with Gasteiger partial charge in [0.15, 0.2) is 0 Å². The van der Waals surface area contributed by atoms with Crippen LogP contribution in [0.15, 0.2) is 0 Å². The predicted octanol–water partition coefficient (Wildman–Crippen LogP) is 0.735. The molecule has 0 spiro atoms. The summed E-state index contributed by atoms with van der Waals surface area (Å²) in [5.41, 5.74) is -0.589. The molecule has 6 nitrogen and oxygen atoms in total. The van der Waals surface area contributed by atoms with Gasteiger partial charge in [-0.05, 0) is 27.2 Å². The van der Waals surface area contributed by atoms with Gasteiger partial charge in [0.25, 0.3) is 0 Å². The van der Waals surface area contributed by atoms with Crippen LogP contribution in [0.1, 0.15) is 33.6 Å². The van der Waals surface area contributed by atoms with Gasteiger partial charge in [0.2, 0.25) is 0 Å². The fraction of sp³-hybridized carbons (Fsp3) is 0.818. The van der Waals surface area contributed by atoms with E-state index in [0.29, 0.717) is 6.42 Å². The number of ether oxygens (including phenoxy) is 1. The molecule has 1 amide bonds. The second-order valence-corrected chi connectivity index (χ2v) is 5.32. The van der Waals surface area contributed by atoms with Crippen molar-refractivity contribution < 1.29 is 24.5 Å². The Morgan fingerprint density at radius 2 is 2.00 bits per heavy atom. The summed E-state index contributed by atoms with van der Waals surface area (Å²) in [6.07, 6.45) is -1.02. The van der Waals surface area contributed by atoms with Crippen molar-refractivity contribution >= 4 is 12.1 Å². The van der Waals surface area contributed by atoms with Gasteiger partial charge in [0.05, 0.1) is 12.5 Å². The van der Waals surface area contributed by atoms with Crippen LogP contribution in [-0.2, 0) is 9.53 Å². The predicted molar refractivity (Wildman–Crippen MR) is 59.5 cm³/mol. The molecule has 1 rings (SSSR count). The van der Waals surface area contributed by atoms with Crippen molar-refractivity contribution in [3.8, 4) is 0 Å². The molecule has 0 aromatic heterocycles. The zero-order chi connectivity index (χ0) is 13.2. The summed E-state index contributed by atoms with van der Waals surface area (Å²) < 4.78 is 5.05. The van der Waals surface area contributed by atoms with Gasteiger partial charge in [0, 0.05) is 12.0 Å². The van der Waals surface area contributed by atoms with E-state index in [0.717, 1.165) is 0 Å². The number of alkyl carbamates (subject to hydrolysis) is 1. The van der Waals surface area contributed by atoms with E-state index in [9.17, 15) is 14.7 Å². The van der Waals surface area contributed by atoms with E-state index in [-0.39, 0.29) is 12.5 Å².